The summed E-state index contributed by atoms with van der Waals surface area (Å²) in [6.07, 6.45) is 3.43. The number of nitrogens with zero attached hydrogens (tertiary/aromatic N) is 1. The molecule has 0 aliphatic heterocycles. The summed E-state index contributed by atoms with van der Waals surface area (Å²) >= 11 is 0. The van der Waals surface area contributed by atoms with Crippen LogP contribution in [0.15, 0.2) is 79.1 Å². The van der Waals surface area contributed by atoms with E-state index >= 15 is 0 Å². The van der Waals surface area contributed by atoms with Crippen molar-refractivity contribution in [2.45, 2.75) is 6.54 Å². The molecule has 0 atom stereocenters. The van der Waals surface area contributed by atoms with E-state index in [0.29, 0.717) is 19.7 Å². The van der Waals surface area contributed by atoms with Crippen molar-refractivity contribution in [2.75, 3.05) is 13.2 Å². The van der Waals surface area contributed by atoms with Crippen LogP contribution < -0.4 is 15.4 Å². The Balaban J connectivity index is 1.45. The lowest BCUT2D eigenvalue weighted by Crippen LogP contribution is -2.37. The fraction of sp³-hybridized carbons (Fsp3) is 0.143. The molecule has 132 valence electrons. The van der Waals surface area contributed by atoms with Crippen molar-refractivity contribution in [1.29, 1.82) is 0 Å². The van der Waals surface area contributed by atoms with Crippen LogP contribution in [-0.4, -0.2) is 24.2 Å². The van der Waals surface area contributed by atoms with Crippen molar-refractivity contribution < 1.29 is 9.53 Å². The summed E-state index contributed by atoms with van der Waals surface area (Å²) in [5, 5.41) is 5.58. The van der Waals surface area contributed by atoms with Crippen molar-refractivity contribution in [1.82, 2.24) is 15.6 Å². The molecule has 26 heavy (non-hydrogen) atoms. The van der Waals surface area contributed by atoms with Crippen LogP contribution in [0.2, 0.25) is 0 Å². The van der Waals surface area contributed by atoms with Crippen LogP contribution in [0.1, 0.15) is 5.56 Å². The molecule has 1 heterocycles. The largest absolute Gasteiger partial charge is 0.491 e. The van der Waals surface area contributed by atoms with E-state index in [1.165, 1.54) is 0 Å². The molecule has 0 saturated carbocycles. The predicted octanol–water partition coefficient (Wildman–Crippen LogP) is 3.63. The molecule has 0 aliphatic rings. The summed E-state index contributed by atoms with van der Waals surface area (Å²) < 4.78 is 5.85. The van der Waals surface area contributed by atoms with Gasteiger partial charge in [0.1, 0.15) is 12.4 Å². The maximum absolute atomic E-state index is 11.8. The first-order chi connectivity index (χ1) is 12.8. The van der Waals surface area contributed by atoms with Crippen molar-refractivity contribution in [3.63, 3.8) is 0 Å². The van der Waals surface area contributed by atoms with Gasteiger partial charge in [0.2, 0.25) is 0 Å². The predicted molar refractivity (Wildman–Crippen MR) is 102 cm³/mol. The van der Waals surface area contributed by atoms with Crippen molar-refractivity contribution in [3.8, 4) is 16.9 Å². The minimum absolute atomic E-state index is 0.228. The molecular weight excluding hydrogens is 326 g/mol. The zero-order valence-corrected chi connectivity index (χ0v) is 14.4. The minimum atomic E-state index is -0.228. The number of carbonyl (C=O) groups is 1. The number of hydrogen-bond acceptors (Lipinski definition) is 3. The number of amides is 2. The van der Waals surface area contributed by atoms with Gasteiger partial charge in [-0.05, 0) is 23.3 Å². The van der Waals surface area contributed by atoms with Gasteiger partial charge in [-0.3, -0.25) is 4.98 Å². The Morgan fingerprint density at radius 3 is 2.54 bits per heavy atom. The first-order valence-corrected chi connectivity index (χ1v) is 8.51. The second-order valence-electron chi connectivity index (χ2n) is 5.68. The molecule has 0 bridgehead atoms. The molecule has 3 aromatic rings. The molecule has 2 amide bonds. The quantitative estimate of drug-likeness (QED) is 0.642. The molecule has 2 aromatic carbocycles. The van der Waals surface area contributed by atoms with Crippen LogP contribution in [-0.2, 0) is 6.54 Å². The van der Waals surface area contributed by atoms with E-state index in [1.807, 2.05) is 66.7 Å². The third-order valence-corrected chi connectivity index (χ3v) is 3.79. The lowest BCUT2D eigenvalue weighted by molar-refractivity contribution is 0.236. The monoisotopic (exact) mass is 347 g/mol. The highest BCUT2D eigenvalue weighted by Gasteiger charge is 2.05. The molecule has 5 nitrogen and oxygen atoms in total. The number of carbonyl (C=O) groups excluding carboxylic acids is 1. The molecule has 3 rings (SSSR count). The van der Waals surface area contributed by atoms with Crippen LogP contribution in [0.3, 0.4) is 0 Å². The third kappa shape index (κ3) is 5.08. The highest BCUT2D eigenvalue weighted by atomic mass is 16.5. The Labute approximate surface area is 153 Å². The van der Waals surface area contributed by atoms with E-state index in [4.69, 9.17) is 4.74 Å². The van der Waals surface area contributed by atoms with Crippen LogP contribution >= 0.6 is 0 Å². The summed E-state index contributed by atoms with van der Waals surface area (Å²) in [4.78, 5) is 15.8. The Kier molecular flexibility index (Phi) is 6.20. The van der Waals surface area contributed by atoms with Gasteiger partial charge < -0.3 is 15.4 Å². The molecule has 1 aromatic heterocycles. The maximum Gasteiger partial charge on any atom is 0.315 e. The number of aromatic nitrogens is 1. The fourth-order valence-corrected chi connectivity index (χ4v) is 2.52. The third-order valence-electron chi connectivity index (χ3n) is 3.79. The van der Waals surface area contributed by atoms with E-state index in [-0.39, 0.29) is 6.03 Å². The Morgan fingerprint density at radius 2 is 1.73 bits per heavy atom. The number of benzene rings is 2. The molecule has 0 aliphatic carbocycles. The molecule has 0 radical (unpaired) electrons. The smallest absolute Gasteiger partial charge is 0.315 e. The first-order valence-electron chi connectivity index (χ1n) is 8.51. The summed E-state index contributed by atoms with van der Waals surface area (Å²) in [5.74, 6) is 0.802. The number of urea groups is 1. The van der Waals surface area contributed by atoms with Gasteiger partial charge >= 0.3 is 6.03 Å². The van der Waals surface area contributed by atoms with Gasteiger partial charge in [0.05, 0.1) is 6.54 Å². The Morgan fingerprint density at radius 1 is 0.923 bits per heavy atom. The van der Waals surface area contributed by atoms with Crippen molar-refractivity contribution in [2.24, 2.45) is 0 Å². The normalized spacial score (nSPS) is 10.2. The van der Waals surface area contributed by atoms with Gasteiger partial charge in [-0.2, -0.15) is 0 Å². The number of ether oxygens (including phenoxy) is 1. The summed E-state index contributed by atoms with van der Waals surface area (Å²) in [5.41, 5.74) is 3.09. The fourth-order valence-electron chi connectivity index (χ4n) is 2.52. The molecule has 0 saturated heterocycles. The average molecular weight is 347 g/mol. The van der Waals surface area contributed by atoms with Gasteiger partial charge in [-0.1, -0.05) is 54.6 Å². The minimum Gasteiger partial charge on any atom is -0.491 e. The molecule has 0 fully saturated rings. The zero-order valence-electron chi connectivity index (χ0n) is 14.4. The number of nitrogens with one attached hydrogen (secondary N) is 2. The standard InChI is InChI=1S/C21H21N3O2/c25-21(24-16-17-7-6-12-22-15-17)23-13-14-26-20-11-5-4-10-19(20)18-8-2-1-3-9-18/h1-12,15H,13-14,16H2,(H2,23,24,25). The van der Waals surface area contributed by atoms with Crippen LogP contribution in [0.5, 0.6) is 5.75 Å². The lowest BCUT2D eigenvalue weighted by Gasteiger charge is -2.12. The number of rotatable bonds is 7. The Bertz CT molecular complexity index is 823. The molecule has 5 heteroatoms. The molecule has 0 unspecified atom stereocenters. The molecular formula is C21H21N3O2. The van der Waals surface area contributed by atoms with E-state index in [2.05, 4.69) is 15.6 Å². The van der Waals surface area contributed by atoms with E-state index < -0.39 is 0 Å². The van der Waals surface area contributed by atoms with Gasteiger partial charge in [0.15, 0.2) is 0 Å². The van der Waals surface area contributed by atoms with Crippen molar-refractivity contribution in [3.05, 3.63) is 84.7 Å². The van der Waals surface area contributed by atoms with Crippen LogP contribution in [0.4, 0.5) is 4.79 Å². The summed E-state index contributed by atoms with van der Waals surface area (Å²) in [6.45, 7) is 1.25. The first kappa shape index (κ1) is 17.5. The van der Waals surface area contributed by atoms with Gasteiger partial charge in [0.25, 0.3) is 0 Å². The van der Waals surface area contributed by atoms with Gasteiger partial charge in [-0.15, -0.1) is 0 Å². The average Bonchev–Trinajstić information content (AvgIpc) is 2.71. The van der Waals surface area contributed by atoms with Gasteiger partial charge in [0, 0.05) is 24.5 Å². The molecule has 2 N–H and O–H groups in total. The highest BCUT2D eigenvalue weighted by Crippen LogP contribution is 2.29. The second-order valence-corrected chi connectivity index (χ2v) is 5.68. The SMILES string of the molecule is O=C(NCCOc1ccccc1-c1ccccc1)NCc1cccnc1. The number of para-hydroxylation sites is 1. The highest BCUT2D eigenvalue weighted by molar-refractivity contribution is 5.73. The van der Waals surface area contributed by atoms with Crippen LogP contribution in [0.25, 0.3) is 11.1 Å². The summed E-state index contributed by atoms with van der Waals surface area (Å²) in [7, 11) is 0. The maximum atomic E-state index is 11.8. The summed E-state index contributed by atoms with van der Waals surface area (Å²) in [6, 6.07) is 21.5. The number of hydrogen-bond donors (Lipinski definition) is 2. The zero-order chi connectivity index (χ0) is 18.0. The van der Waals surface area contributed by atoms with E-state index in [1.54, 1.807) is 12.4 Å². The van der Waals surface area contributed by atoms with Crippen molar-refractivity contribution >= 4 is 6.03 Å². The molecule has 0 spiro atoms. The topological polar surface area (TPSA) is 63.2 Å². The lowest BCUT2D eigenvalue weighted by atomic mass is 10.1. The Hall–Kier alpha value is -3.34. The van der Waals surface area contributed by atoms with Crippen LogP contribution in [0, 0.1) is 0 Å². The van der Waals surface area contributed by atoms with Gasteiger partial charge in [-0.25, -0.2) is 4.79 Å². The van der Waals surface area contributed by atoms with E-state index in [0.717, 1.165) is 22.4 Å². The van der Waals surface area contributed by atoms with E-state index in [9.17, 15) is 4.79 Å². The number of pyridine rings is 1. The second kappa shape index (κ2) is 9.22.